The van der Waals surface area contributed by atoms with Gasteiger partial charge < -0.3 is 27.5 Å². The molecule has 12 aromatic carbocycles. The van der Waals surface area contributed by atoms with Crippen LogP contribution in [0.15, 0.2) is 333 Å². The number of hydrogen-bond donors (Lipinski definition) is 0. The molecule has 0 fully saturated rings. The molecule has 0 N–H and O–H groups in total. The van der Waals surface area contributed by atoms with E-state index in [9.17, 15) is 0 Å². The van der Waals surface area contributed by atoms with E-state index < -0.39 is 10.8 Å². The highest BCUT2D eigenvalue weighted by molar-refractivity contribution is 6.07. The second kappa shape index (κ2) is 19.2. The van der Waals surface area contributed by atoms with Gasteiger partial charge in [-0.05, 0) is 131 Å². The SMILES string of the molecule is c1ccc(N(c2ccc3c(c2)oc2ccccc23)c2cc3c(o2)C2(c4ccccc4N(c4ccccc4)c4ccccc42)c2cc(N(c4ccccc4)c4ccc5c(c4)oc4ccccc45)oc2C32c3ccccc3N(c3ccccc3)c3ccccc32)cc1. The summed E-state index contributed by atoms with van der Waals surface area (Å²) in [7, 11) is 0. The third kappa shape index (κ3) is 6.95. The Labute approximate surface area is 518 Å². The Morgan fingerprint density at radius 1 is 0.233 bits per heavy atom. The standard InChI is InChI=1S/C82H52N4O4/c1-5-25-53(26-6-1)83(57-45-47-61-59-33-13-23-43-73(59)87-75(61)49-57)77-51-67-79(89-77)82(65-37-17-21-41-71(65)86(56-31-11-4-12-32-56)72-42-22-18-38-66(72)82)68-52-78(84(54-27-7-2-8-28-54)58-46-48-62-60-34-14-24-44-74(60)88-76(62)50-58)90-80(68)81(67)63-35-15-19-39-69(63)85(55-29-9-3-10-30-55)70-40-20-16-36-64(70)81/h1-52H. The lowest BCUT2D eigenvalue weighted by atomic mass is 9.53. The van der Waals surface area contributed by atoms with Gasteiger partial charge in [-0.3, -0.25) is 9.80 Å². The second-order valence-electron chi connectivity index (χ2n) is 23.5. The monoisotopic (exact) mass is 1160 g/mol. The summed E-state index contributed by atoms with van der Waals surface area (Å²) in [5.74, 6) is 2.78. The van der Waals surface area contributed by atoms with Crippen LogP contribution < -0.4 is 19.6 Å². The number of fused-ring (bicyclic) bond motifs is 20. The van der Waals surface area contributed by atoms with Crippen molar-refractivity contribution in [2.45, 2.75) is 10.8 Å². The summed E-state index contributed by atoms with van der Waals surface area (Å²) in [6, 6.07) is 112. The van der Waals surface area contributed by atoms with Crippen molar-refractivity contribution < 1.29 is 17.7 Å². The fourth-order valence-electron chi connectivity index (χ4n) is 15.3. The molecule has 90 heavy (non-hydrogen) atoms. The van der Waals surface area contributed by atoms with Crippen molar-refractivity contribution in [2.75, 3.05) is 19.6 Å². The Bertz CT molecular complexity index is 5010. The van der Waals surface area contributed by atoms with Gasteiger partial charge in [0.25, 0.3) is 0 Å². The topological polar surface area (TPSA) is 65.5 Å². The summed E-state index contributed by atoms with van der Waals surface area (Å²) < 4.78 is 30.1. The van der Waals surface area contributed by atoms with Gasteiger partial charge in [-0.1, -0.05) is 182 Å². The number of rotatable bonds is 8. The quantitative estimate of drug-likeness (QED) is 0.149. The van der Waals surface area contributed by atoms with E-state index >= 15 is 0 Å². The van der Waals surface area contributed by atoms with Gasteiger partial charge in [0, 0.05) is 79.7 Å². The average molecular weight is 1160 g/mol. The van der Waals surface area contributed by atoms with Gasteiger partial charge in [0.05, 0.1) is 34.1 Å². The normalized spacial score (nSPS) is 13.9. The molecule has 6 heterocycles. The third-order valence-electron chi connectivity index (χ3n) is 18.9. The largest absolute Gasteiger partial charge is 0.456 e. The molecule has 0 amide bonds. The highest BCUT2D eigenvalue weighted by Crippen LogP contribution is 2.70. The van der Waals surface area contributed by atoms with Crippen LogP contribution in [0.4, 0.5) is 68.6 Å². The van der Waals surface area contributed by atoms with Gasteiger partial charge in [0.2, 0.25) is 11.8 Å². The Morgan fingerprint density at radius 2 is 0.544 bits per heavy atom. The molecule has 424 valence electrons. The van der Waals surface area contributed by atoms with Gasteiger partial charge in [-0.15, -0.1) is 0 Å². The minimum atomic E-state index is -1.19. The molecule has 0 unspecified atom stereocenters. The Kier molecular flexibility index (Phi) is 10.7. The molecule has 2 aliphatic heterocycles. The zero-order valence-corrected chi connectivity index (χ0v) is 48.4. The van der Waals surface area contributed by atoms with Crippen LogP contribution in [0.2, 0.25) is 0 Å². The van der Waals surface area contributed by atoms with Crippen LogP contribution in [0.25, 0.3) is 43.9 Å². The van der Waals surface area contributed by atoms with Crippen molar-refractivity contribution in [3.8, 4) is 0 Å². The minimum Gasteiger partial charge on any atom is -0.456 e. The van der Waals surface area contributed by atoms with Crippen molar-refractivity contribution in [3.05, 3.63) is 360 Å². The molecule has 0 radical (unpaired) electrons. The molecule has 4 aromatic heterocycles. The molecular weight excluding hydrogens is 1100 g/mol. The van der Waals surface area contributed by atoms with Crippen LogP contribution in [0, 0.1) is 0 Å². The molecule has 19 rings (SSSR count). The van der Waals surface area contributed by atoms with Crippen LogP contribution >= 0.6 is 0 Å². The van der Waals surface area contributed by atoms with E-state index in [0.717, 1.165) is 146 Å². The minimum absolute atomic E-state index is 0.622. The number of benzene rings is 12. The molecule has 3 aliphatic rings. The molecule has 1 aliphatic carbocycles. The van der Waals surface area contributed by atoms with E-state index in [1.807, 2.05) is 24.3 Å². The van der Waals surface area contributed by atoms with Crippen molar-refractivity contribution in [1.82, 2.24) is 0 Å². The molecule has 2 spiro atoms. The lowest BCUT2D eigenvalue weighted by Crippen LogP contribution is -2.48. The van der Waals surface area contributed by atoms with E-state index in [1.165, 1.54) is 0 Å². The van der Waals surface area contributed by atoms with Crippen molar-refractivity contribution in [1.29, 1.82) is 0 Å². The molecular formula is C82H52N4O4. The Balaban J connectivity index is 0.977. The summed E-state index contributed by atoms with van der Waals surface area (Å²) in [6.45, 7) is 0. The van der Waals surface area contributed by atoms with Gasteiger partial charge >= 0.3 is 0 Å². The van der Waals surface area contributed by atoms with Crippen molar-refractivity contribution >= 4 is 113 Å². The fraction of sp³-hybridized carbons (Fsp3) is 0.0244. The van der Waals surface area contributed by atoms with E-state index in [1.54, 1.807) is 0 Å². The highest BCUT2D eigenvalue weighted by atomic mass is 16.4. The lowest BCUT2D eigenvalue weighted by Gasteiger charge is -2.51. The van der Waals surface area contributed by atoms with Crippen LogP contribution in [0.1, 0.15) is 44.9 Å². The summed E-state index contributed by atoms with van der Waals surface area (Å²) >= 11 is 0. The number of furan rings is 4. The number of anilines is 12. The third-order valence-corrected chi connectivity index (χ3v) is 18.9. The highest BCUT2D eigenvalue weighted by Gasteiger charge is 2.64. The summed E-state index contributed by atoms with van der Waals surface area (Å²) in [5.41, 5.74) is 16.6. The van der Waals surface area contributed by atoms with Crippen molar-refractivity contribution in [2.24, 2.45) is 0 Å². The maximum Gasteiger partial charge on any atom is 0.205 e. The molecule has 0 bridgehead atoms. The van der Waals surface area contributed by atoms with Gasteiger partial charge in [-0.25, -0.2) is 0 Å². The van der Waals surface area contributed by atoms with Crippen LogP contribution in [-0.4, -0.2) is 0 Å². The maximum atomic E-state index is 8.33. The predicted octanol–water partition coefficient (Wildman–Crippen LogP) is 22.3. The predicted molar refractivity (Wildman–Crippen MR) is 362 cm³/mol. The summed E-state index contributed by atoms with van der Waals surface area (Å²) in [5, 5.41) is 4.21. The average Bonchev–Trinajstić information content (AvgIpc) is 1.20. The molecule has 8 heteroatoms. The maximum absolute atomic E-state index is 8.33. The molecule has 0 saturated heterocycles. The van der Waals surface area contributed by atoms with Gasteiger partial charge in [0.1, 0.15) is 44.7 Å². The molecule has 0 saturated carbocycles. The lowest BCUT2D eigenvalue weighted by molar-refractivity contribution is 0.398. The Morgan fingerprint density at radius 3 is 0.922 bits per heavy atom. The first-order valence-electron chi connectivity index (χ1n) is 30.6. The summed E-state index contributed by atoms with van der Waals surface area (Å²) in [4.78, 5) is 9.31. The first-order chi connectivity index (χ1) is 44.6. The zero-order valence-electron chi connectivity index (χ0n) is 48.4. The summed E-state index contributed by atoms with van der Waals surface area (Å²) in [6.07, 6.45) is 0. The van der Waals surface area contributed by atoms with Crippen LogP contribution in [-0.2, 0) is 10.8 Å². The fourth-order valence-corrected chi connectivity index (χ4v) is 15.3. The number of nitrogens with zero attached hydrogens (tertiary/aromatic N) is 4. The zero-order chi connectivity index (χ0) is 59.1. The first-order valence-corrected chi connectivity index (χ1v) is 30.6. The first kappa shape index (κ1) is 50.2. The molecule has 8 nitrogen and oxygen atoms in total. The smallest absolute Gasteiger partial charge is 0.205 e. The van der Waals surface area contributed by atoms with Gasteiger partial charge in [0.15, 0.2) is 0 Å². The number of para-hydroxylation sites is 10. The van der Waals surface area contributed by atoms with E-state index in [-0.39, 0.29) is 0 Å². The number of hydrogen-bond acceptors (Lipinski definition) is 8. The molecule has 16 aromatic rings. The van der Waals surface area contributed by atoms with Crippen LogP contribution in [0.3, 0.4) is 0 Å². The van der Waals surface area contributed by atoms with E-state index in [0.29, 0.717) is 11.8 Å². The second-order valence-corrected chi connectivity index (χ2v) is 23.5. The van der Waals surface area contributed by atoms with E-state index in [4.69, 9.17) is 17.7 Å². The molecule has 0 atom stereocenters. The van der Waals surface area contributed by atoms with E-state index in [2.05, 4.69) is 311 Å². The van der Waals surface area contributed by atoms with Crippen LogP contribution in [0.5, 0.6) is 0 Å². The van der Waals surface area contributed by atoms with Gasteiger partial charge in [-0.2, -0.15) is 0 Å². The van der Waals surface area contributed by atoms with Crippen molar-refractivity contribution in [3.63, 3.8) is 0 Å². The Hall–Kier alpha value is -12.0.